The van der Waals surface area contributed by atoms with Crippen LogP contribution in [0.15, 0.2) is 21.2 Å². The van der Waals surface area contributed by atoms with Gasteiger partial charge in [0.1, 0.15) is 17.3 Å². The average molecular weight is 331 g/mol. The minimum Gasteiger partial charge on any atom is -0.469 e. The number of aryl methyl sites for hydroxylation is 4. The van der Waals surface area contributed by atoms with Crippen molar-refractivity contribution < 1.29 is 8.83 Å². The molecule has 0 aromatic carbocycles. The maximum Gasteiger partial charge on any atom is 0.107 e. The number of hydrogen-bond donors (Lipinski definition) is 0. The van der Waals surface area contributed by atoms with E-state index < -0.39 is 0 Å². The molecule has 0 unspecified atom stereocenters. The lowest BCUT2D eigenvalue weighted by molar-refractivity contribution is 0.430. The van der Waals surface area contributed by atoms with Gasteiger partial charge in [0.05, 0.1) is 6.26 Å². The number of fused-ring (bicyclic) bond motifs is 2. The fraction of sp³-hybridized carbons (Fsp3) is 0.636. The molecule has 2 aliphatic rings. The van der Waals surface area contributed by atoms with Crippen LogP contribution in [0, 0.1) is 6.92 Å². The molecule has 2 heterocycles. The summed E-state index contributed by atoms with van der Waals surface area (Å²) in [4.78, 5) is 0. The SMILES string of the molecule is CC.CC(C)c1cc2c(o1)CCCC2.Cc1coc2c1CCCC2. The Hall–Kier alpha value is -1.44. The summed E-state index contributed by atoms with van der Waals surface area (Å²) in [6.07, 6.45) is 11.9. The highest BCUT2D eigenvalue weighted by Crippen LogP contribution is 2.28. The van der Waals surface area contributed by atoms with Gasteiger partial charge in [0.25, 0.3) is 0 Å². The van der Waals surface area contributed by atoms with Gasteiger partial charge in [-0.05, 0) is 68.2 Å². The number of rotatable bonds is 1. The third-order valence-corrected chi connectivity index (χ3v) is 4.86. The molecular formula is C22H34O2. The van der Waals surface area contributed by atoms with Gasteiger partial charge in [-0.15, -0.1) is 0 Å². The van der Waals surface area contributed by atoms with E-state index in [4.69, 9.17) is 8.83 Å². The van der Waals surface area contributed by atoms with Crippen molar-refractivity contribution in [3.8, 4) is 0 Å². The summed E-state index contributed by atoms with van der Waals surface area (Å²) >= 11 is 0. The third kappa shape index (κ3) is 4.55. The maximum absolute atomic E-state index is 5.77. The van der Waals surface area contributed by atoms with E-state index in [1.165, 1.54) is 72.5 Å². The molecule has 0 fully saturated rings. The first-order valence-electron chi connectivity index (χ1n) is 9.82. The molecule has 2 nitrogen and oxygen atoms in total. The molecule has 0 atom stereocenters. The predicted octanol–water partition coefficient (Wildman–Crippen LogP) is 6.77. The summed E-state index contributed by atoms with van der Waals surface area (Å²) in [5.41, 5.74) is 4.28. The molecule has 0 radical (unpaired) electrons. The van der Waals surface area contributed by atoms with Crippen molar-refractivity contribution in [2.75, 3.05) is 0 Å². The van der Waals surface area contributed by atoms with E-state index in [2.05, 4.69) is 26.8 Å². The van der Waals surface area contributed by atoms with Gasteiger partial charge >= 0.3 is 0 Å². The van der Waals surface area contributed by atoms with Crippen LogP contribution in [0.25, 0.3) is 0 Å². The summed E-state index contributed by atoms with van der Waals surface area (Å²) in [5.74, 6) is 4.20. The largest absolute Gasteiger partial charge is 0.469 e. The molecule has 0 amide bonds. The Morgan fingerprint density at radius 2 is 1.50 bits per heavy atom. The Morgan fingerprint density at radius 3 is 2.12 bits per heavy atom. The van der Waals surface area contributed by atoms with E-state index in [0.717, 1.165) is 12.8 Å². The number of hydrogen-bond acceptors (Lipinski definition) is 2. The van der Waals surface area contributed by atoms with Crippen molar-refractivity contribution in [2.45, 2.75) is 91.9 Å². The van der Waals surface area contributed by atoms with Crippen molar-refractivity contribution in [1.29, 1.82) is 0 Å². The third-order valence-electron chi connectivity index (χ3n) is 4.86. The molecule has 0 saturated heterocycles. The molecule has 0 N–H and O–H groups in total. The van der Waals surface area contributed by atoms with E-state index in [9.17, 15) is 0 Å². The van der Waals surface area contributed by atoms with Gasteiger partial charge in [-0.2, -0.15) is 0 Å². The minimum absolute atomic E-state index is 0.538. The lowest BCUT2D eigenvalue weighted by Gasteiger charge is -2.08. The van der Waals surface area contributed by atoms with Gasteiger partial charge < -0.3 is 8.83 Å². The summed E-state index contributed by atoms with van der Waals surface area (Å²) in [5, 5.41) is 0. The molecule has 2 aliphatic carbocycles. The Balaban J connectivity index is 0.000000160. The van der Waals surface area contributed by atoms with Crippen LogP contribution in [0.4, 0.5) is 0 Å². The van der Waals surface area contributed by atoms with Crippen LogP contribution < -0.4 is 0 Å². The van der Waals surface area contributed by atoms with Crippen LogP contribution >= 0.6 is 0 Å². The van der Waals surface area contributed by atoms with Crippen molar-refractivity contribution in [3.63, 3.8) is 0 Å². The van der Waals surface area contributed by atoms with Gasteiger partial charge in [0.15, 0.2) is 0 Å². The van der Waals surface area contributed by atoms with Crippen LogP contribution in [0.3, 0.4) is 0 Å². The van der Waals surface area contributed by atoms with Gasteiger partial charge in [-0.1, -0.05) is 27.7 Å². The summed E-state index contributed by atoms with van der Waals surface area (Å²) in [6.45, 7) is 10.5. The molecule has 0 saturated carbocycles. The molecule has 134 valence electrons. The maximum atomic E-state index is 5.77. The second kappa shape index (κ2) is 9.15. The molecule has 0 spiro atoms. The minimum atomic E-state index is 0.538. The normalized spacial score (nSPS) is 15.6. The van der Waals surface area contributed by atoms with Gasteiger partial charge in [-0.25, -0.2) is 0 Å². The molecule has 0 aliphatic heterocycles. The number of furan rings is 2. The zero-order chi connectivity index (χ0) is 17.5. The summed E-state index contributed by atoms with van der Waals surface area (Å²) in [6, 6.07) is 2.25. The topological polar surface area (TPSA) is 26.3 Å². The van der Waals surface area contributed by atoms with E-state index in [0.29, 0.717) is 5.92 Å². The predicted molar refractivity (Wildman–Crippen MR) is 101 cm³/mol. The van der Waals surface area contributed by atoms with Crippen LogP contribution in [0.1, 0.15) is 93.3 Å². The Labute approximate surface area is 147 Å². The second-order valence-corrected chi connectivity index (χ2v) is 6.99. The first-order chi connectivity index (χ1) is 11.6. The van der Waals surface area contributed by atoms with E-state index in [1.807, 2.05) is 20.1 Å². The van der Waals surface area contributed by atoms with Crippen LogP contribution in [-0.4, -0.2) is 0 Å². The standard InChI is InChI=1S/C11H16O.C9H12O.C2H6/c1-8(2)11-7-9-5-3-4-6-10(9)12-11;1-7-6-10-9-5-3-2-4-8(7)9;1-2/h7-8H,3-6H2,1-2H3;6H,2-5H2,1H3;1-2H3. The highest BCUT2D eigenvalue weighted by Gasteiger charge is 2.16. The Bertz CT molecular complexity index is 592. The quantitative estimate of drug-likeness (QED) is 0.576. The Morgan fingerprint density at radius 1 is 0.875 bits per heavy atom. The fourth-order valence-corrected chi connectivity index (χ4v) is 3.45. The summed E-state index contributed by atoms with van der Waals surface area (Å²) in [7, 11) is 0. The Kier molecular flexibility index (Phi) is 7.20. The van der Waals surface area contributed by atoms with Gasteiger partial charge in [-0.3, -0.25) is 0 Å². The molecular weight excluding hydrogens is 296 g/mol. The fourth-order valence-electron chi connectivity index (χ4n) is 3.45. The first kappa shape index (κ1) is 18.9. The zero-order valence-electron chi connectivity index (χ0n) is 16.2. The molecule has 2 aromatic heterocycles. The van der Waals surface area contributed by atoms with Gasteiger partial charge in [0.2, 0.25) is 0 Å². The molecule has 24 heavy (non-hydrogen) atoms. The van der Waals surface area contributed by atoms with Crippen LogP contribution in [0.5, 0.6) is 0 Å². The van der Waals surface area contributed by atoms with Gasteiger partial charge in [0, 0.05) is 18.8 Å². The first-order valence-corrected chi connectivity index (χ1v) is 9.82. The van der Waals surface area contributed by atoms with Crippen LogP contribution in [0.2, 0.25) is 0 Å². The van der Waals surface area contributed by atoms with Crippen molar-refractivity contribution in [1.82, 2.24) is 0 Å². The highest BCUT2D eigenvalue weighted by molar-refractivity contribution is 5.28. The highest BCUT2D eigenvalue weighted by atomic mass is 16.3. The van der Waals surface area contributed by atoms with Crippen molar-refractivity contribution in [2.24, 2.45) is 0 Å². The second-order valence-electron chi connectivity index (χ2n) is 6.99. The van der Waals surface area contributed by atoms with Crippen LogP contribution in [-0.2, 0) is 25.7 Å². The lowest BCUT2D eigenvalue weighted by atomic mass is 9.96. The van der Waals surface area contributed by atoms with Crippen molar-refractivity contribution >= 4 is 0 Å². The smallest absolute Gasteiger partial charge is 0.107 e. The molecule has 4 rings (SSSR count). The van der Waals surface area contributed by atoms with E-state index in [-0.39, 0.29) is 0 Å². The lowest BCUT2D eigenvalue weighted by Crippen LogP contribution is -1.99. The van der Waals surface area contributed by atoms with Crippen molar-refractivity contribution in [3.05, 3.63) is 46.3 Å². The molecule has 2 heteroatoms. The summed E-state index contributed by atoms with van der Waals surface area (Å²) < 4.78 is 11.2. The molecule has 0 bridgehead atoms. The van der Waals surface area contributed by atoms with E-state index >= 15 is 0 Å². The average Bonchev–Trinajstić information content (AvgIpc) is 3.22. The van der Waals surface area contributed by atoms with E-state index in [1.54, 1.807) is 0 Å². The molecule has 2 aromatic rings. The zero-order valence-corrected chi connectivity index (χ0v) is 16.2. The monoisotopic (exact) mass is 330 g/mol.